The molecular formula is C22H39NO2. The summed E-state index contributed by atoms with van der Waals surface area (Å²) in [5.41, 5.74) is 4.47. The number of amides is 1. The van der Waals surface area contributed by atoms with Crippen molar-refractivity contribution in [1.29, 1.82) is 0 Å². The van der Waals surface area contributed by atoms with Crippen molar-refractivity contribution >= 4 is 11.7 Å². The van der Waals surface area contributed by atoms with Gasteiger partial charge in [-0.05, 0) is 19.8 Å². The minimum Gasteiger partial charge on any atom is -0.322 e. The minimum absolute atomic E-state index is 0. The Labute approximate surface area is 155 Å². The van der Waals surface area contributed by atoms with Crippen molar-refractivity contribution in [3.8, 4) is 0 Å². The molecule has 0 spiro atoms. The summed E-state index contributed by atoms with van der Waals surface area (Å²) in [5.74, 6) is 0.301. The molecule has 0 radical (unpaired) electrons. The standard InChI is InChI=1S/C22H37NO2.H2/c1-4-6-8-10-11-13-15-19(14-12-9-7-5-2)22(25)23-21-16-20(17-21)18(3)24;/h19H,4-16H2,1-3H3,(H,23,25);1H. The first kappa shape index (κ1) is 21.7. The molecule has 0 bridgehead atoms. The first-order chi connectivity index (χ1) is 12.1. The van der Waals surface area contributed by atoms with E-state index in [1.54, 1.807) is 6.92 Å². The van der Waals surface area contributed by atoms with Crippen LogP contribution in [0.25, 0.3) is 0 Å². The minimum atomic E-state index is 0. The summed E-state index contributed by atoms with van der Waals surface area (Å²) in [5, 5.41) is 3.00. The van der Waals surface area contributed by atoms with Crippen LogP contribution in [0.1, 0.15) is 106 Å². The normalized spacial score (nSPS) is 14.4. The predicted molar refractivity (Wildman–Crippen MR) is 106 cm³/mol. The summed E-state index contributed by atoms with van der Waals surface area (Å²) in [6.07, 6.45) is 14.9. The number of hydrogen-bond acceptors (Lipinski definition) is 2. The van der Waals surface area contributed by atoms with Crippen molar-refractivity contribution in [2.45, 2.75) is 104 Å². The molecule has 0 heterocycles. The van der Waals surface area contributed by atoms with Crippen molar-refractivity contribution in [3.63, 3.8) is 0 Å². The third-order valence-corrected chi connectivity index (χ3v) is 5.04. The second-order valence-corrected chi connectivity index (χ2v) is 7.41. The van der Waals surface area contributed by atoms with E-state index < -0.39 is 0 Å². The second kappa shape index (κ2) is 12.9. The Kier molecular flexibility index (Phi) is 11.2. The molecule has 1 rings (SSSR count). The third kappa shape index (κ3) is 9.07. The van der Waals surface area contributed by atoms with E-state index in [-0.39, 0.29) is 19.0 Å². The Balaban J connectivity index is 0.00000625. The molecule has 3 heteroatoms. The zero-order chi connectivity index (χ0) is 18.5. The van der Waals surface area contributed by atoms with Gasteiger partial charge in [-0.3, -0.25) is 9.59 Å². The number of ketones is 1. The maximum absolute atomic E-state index is 12.6. The van der Waals surface area contributed by atoms with Gasteiger partial charge in [0.15, 0.2) is 5.78 Å². The Morgan fingerprint density at radius 2 is 1.44 bits per heavy atom. The number of hydrogen-bond donors (Lipinski definition) is 1. The average Bonchev–Trinajstić information content (AvgIpc) is 2.55. The lowest BCUT2D eigenvalue weighted by Crippen LogP contribution is -2.32. The van der Waals surface area contributed by atoms with Crippen molar-refractivity contribution < 1.29 is 11.0 Å². The second-order valence-electron chi connectivity index (χ2n) is 7.41. The molecule has 3 nitrogen and oxygen atoms in total. The monoisotopic (exact) mass is 349 g/mol. The SMILES string of the molecule is CCCCCCCCC(CCCCCC)C(=O)NC1=C=C(C(C)=O)C1.[HH]. The third-order valence-electron chi connectivity index (χ3n) is 5.04. The fraction of sp³-hybridized carbons (Fsp3) is 0.773. The molecule has 1 aliphatic carbocycles. The average molecular weight is 350 g/mol. The summed E-state index contributed by atoms with van der Waals surface area (Å²) in [6.45, 7) is 6.00. The Morgan fingerprint density at radius 1 is 0.960 bits per heavy atom. The Bertz CT molecular complexity index is 492. The van der Waals surface area contributed by atoms with E-state index in [1.165, 1.54) is 51.4 Å². The predicted octanol–water partition coefficient (Wildman–Crippen LogP) is 6.09. The molecule has 0 aromatic rings. The molecule has 25 heavy (non-hydrogen) atoms. The van der Waals surface area contributed by atoms with E-state index in [2.05, 4.69) is 24.9 Å². The molecular weight excluding hydrogens is 310 g/mol. The highest BCUT2D eigenvalue weighted by Crippen LogP contribution is 2.22. The van der Waals surface area contributed by atoms with Crippen molar-refractivity contribution in [1.82, 2.24) is 5.32 Å². The summed E-state index contributed by atoms with van der Waals surface area (Å²) in [7, 11) is 0. The number of carbonyl (C=O) groups excluding carboxylic acids is 2. The van der Waals surface area contributed by atoms with Crippen LogP contribution in [0.5, 0.6) is 0 Å². The van der Waals surface area contributed by atoms with E-state index >= 15 is 0 Å². The van der Waals surface area contributed by atoms with E-state index in [9.17, 15) is 9.59 Å². The van der Waals surface area contributed by atoms with Crippen molar-refractivity contribution in [2.75, 3.05) is 0 Å². The van der Waals surface area contributed by atoms with Gasteiger partial charge in [-0.15, -0.1) is 0 Å². The topological polar surface area (TPSA) is 46.2 Å². The van der Waals surface area contributed by atoms with Crippen LogP contribution in [0.4, 0.5) is 0 Å². The van der Waals surface area contributed by atoms with Gasteiger partial charge in [0, 0.05) is 19.3 Å². The molecule has 0 aromatic heterocycles. The summed E-state index contributed by atoms with van der Waals surface area (Å²) >= 11 is 0. The van der Waals surface area contributed by atoms with Gasteiger partial charge in [-0.1, -0.05) is 83.8 Å². The van der Waals surface area contributed by atoms with Crippen LogP contribution in [0.2, 0.25) is 0 Å². The summed E-state index contributed by atoms with van der Waals surface area (Å²) < 4.78 is 0. The first-order valence-electron chi connectivity index (χ1n) is 10.4. The molecule has 144 valence electrons. The zero-order valence-electron chi connectivity index (χ0n) is 16.6. The van der Waals surface area contributed by atoms with Crippen LogP contribution < -0.4 is 5.32 Å². The first-order valence-corrected chi connectivity index (χ1v) is 10.4. The van der Waals surface area contributed by atoms with Gasteiger partial charge < -0.3 is 5.32 Å². The lowest BCUT2D eigenvalue weighted by molar-refractivity contribution is -0.125. The smallest absolute Gasteiger partial charge is 0.227 e. The number of nitrogens with one attached hydrogen (secondary N) is 1. The highest BCUT2D eigenvalue weighted by atomic mass is 16.2. The van der Waals surface area contributed by atoms with E-state index in [0.717, 1.165) is 31.4 Å². The van der Waals surface area contributed by atoms with Gasteiger partial charge in [0.25, 0.3) is 0 Å². The van der Waals surface area contributed by atoms with Gasteiger partial charge in [-0.2, -0.15) is 0 Å². The van der Waals surface area contributed by atoms with Gasteiger partial charge >= 0.3 is 0 Å². The molecule has 1 aliphatic rings. The van der Waals surface area contributed by atoms with Crippen LogP contribution in [0.3, 0.4) is 0 Å². The van der Waals surface area contributed by atoms with Crippen LogP contribution >= 0.6 is 0 Å². The summed E-state index contributed by atoms with van der Waals surface area (Å²) in [6, 6.07) is 0. The fourth-order valence-electron chi connectivity index (χ4n) is 3.27. The van der Waals surface area contributed by atoms with E-state index in [0.29, 0.717) is 12.0 Å². The van der Waals surface area contributed by atoms with Crippen molar-refractivity contribution in [2.24, 2.45) is 5.92 Å². The summed E-state index contributed by atoms with van der Waals surface area (Å²) in [4.78, 5) is 23.8. The zero-order valence-corrected chi connectivity index (χ0v) is 16.6. The highest BCUT2D eigenvalue weighted by Gasteiger charge is 2.22. The maximum atomic E-state index is 12.6. The molecule has 1 unspecified atom stereocenters. The van der Waals surface area contributed by atoms with Crippen LogP contribution in [-0.4, -0.2) is 11.7 Å². The number of carbonyl (C=O) groups is 2. The Hall–Kier alpha value is -1.34. The van der Waals surface area contributed by atoms with E-state index in [4.69, 9.17) is 0 Å². The van der Waals surface area contributed by atoms with Gasteiger partial charge in [0.05, 0.1) is 5.70 Å². The molecule has 1 atom stereocenters. The number of unbranched alkanes of at least 4 members (excludes halogenated alkanes) is 8. The fourth-order valence-corrected chi connectivity index (χ4v) is 3.27. The van der Waals surface area contributed by atoms with Crippen LogP contribution in [0, 0.1) is 5.92 Å². The maximum Gasteiger partial charge on any atom is 0.227 e. The quantitative estimate of drug-likeness (QED) is 0.287. The number of Topliss-reactive ketones (excluding diaryl/α,β-unsaturated/α-hetero) is 1. The molecule has 0 saturated heterocycles. The van der Waals surface area contributed by atoms with E-state index in [1.807, 2.05) is 0 Å². The molecule has 1 amide bonds. The molecule has 1 N–H and O–H groups in total. The highest BCUT2D eigenvalue weighted by molar-refractivity contribution is 5.95. The molecule has 0 fully saturated rings. The largest absolute Gasteiger partial charge is 0.322 e. The van der Waals surface area contributed by atoms with Gasteiger partial charge in [0.1, 0.15) is 0 Å². The molecule has 0 aliphatic heterocycles. The lowest BCUT2D eigenvalue weighted by Gasteiger charge is -2.20. The van der Waals surface area contributed by atoms with Crippen molar-refractivity contribution in [3.05, 3.63) is 17.0 Å². The van der Waals surface area contributed by atoms with Gasteiger partial charge in [-0.25, -0.2) is 0 Å². The Morgan fingerprint density at radius 3 is 1.96 bits per heavy atom. The molecule has 0 aromatic carbocycles. The van der Waals surface area contributed by atoms with Crippen LogP contribution in [0.15, 0.2) is 17.0 Å². The molecule has 0 saturated carbocycles. The lowest BCUT2D eigenvalue weighted by atomic mass is 9.92. The van der Waals surface area contributed by atoms with Crippen LogP contribution in [-0.2, 0) is 9.59 Å². The van der Waals surface area contributed by atoms with Gasteiger partial charge in [0.2, 0.25) is 5.91 Å². The number of rotatable bonds is 15.